The van der Waals surface area contributed by atoms with Gasteiger partial charge >= 0.3 is 5.97 Å². The zero-order valence-electron chi connectivity index (χ0n) is 11.6. The van der Waals surface area contributed by atoms with Crippen LogP contribution in [0.15, 0.2) is 18.2 Å². The van der Waals surface area contributed by atoms with Crippen LogP contribution in [0.1, 0.15) is 43.9 Å². The first-order chi connectivity index (χ1) is 9.27. The Bertz CT molecular complexity index is 551. The van der Waals surface area contributed by atoms with Gasteiger partial charge in [-0.2, -0.15) is 0 Å². The number of hydrogen-bond donors (Lipinski definition) is 3. The molecule has 1 heterocycles. The summed E-state index contributed by atoms with van der Waals surface area (Å²) in [7, 11) is 0. The minimum absolute atomic E-state index is 0.00897. The predicted molar refractivity (Wildman–Crippen MR) is 74.4 cm³/mol. The van der Waals surface area contributed by atoms with Crippen LogP contribution in [0.2, 0.25) is 0 Å². The number of amides is 1. The summed E-state index contributed by atoms with van der Waals surface area (Å²) in [6.07, 6.45) is -0.0338. The molecule has 5 nitrogen and oxygen atoms in total. The molecule has 1 atom stereocenters. The highest BCUT2D eigenvalue weighted by Gasteiger charge is 2.27. The van der Waals surface area contributed by atoms with Gasteiger partial charge in [-0.05, 0) is 29.0 Å². The summed E-state index contributed by atoms with van der Waals surface area (Å²) < 4.78 is 0. The number of carbonyl (C=O) groups excluding carboxylic acids is 1. The van der Waals surface area contributed by atoms with Crippen LogP contribution in [0.25, 0.3) is 0 Å². The topological polar surface area (TPSA) is 86.6 Å². The molecule has 0 radical (unpaired) electrons. The molecule has 5 heteroatoms. The Morgan fingerprint density at radius 1 is 1.45 bits per heavy atom. The van der Waals surface area contributed by atoms with Crippen molar-refractivity contribution in [2.45, 2.75) is 39.2 Å². The summed E-state index contributed by atoms with van der Waals surface area (Å²) in [6.45, 7) is 3.64. The highest BCUT2D eigenvalue weighted by molar-refractivity contribution is 5.99. The number of aliphatic carboxylic acids is 1. The first kappa shape index (κ1) is 14.5. The Morgan fingerprint density at radius 3 is 2.80 bits per heavy atom. The van der Waals surface area contributed by atoms with Crippen LogP contribution in [0, 0.1) is 5.41 Å². The fraction of sp³-hybridized carbons (Fsp3) is 0.467. The third-order valence-electron chi connectivity index (χ3n) is 3.51. The van der Waals surface area contributed by atoms with Crippen molar-refractivity contribution in [1.82, 2.24) is 0 Å². The lowest BCUT2D eigenvalue weighted by Crippen LogP contribution is -2.20. The molecule has 0 saturated heterocycles. The second-order valence-electron chi connectivity index (χ2n) is 6.10. The lowest BCUT2D eigenvalue weighted by atomic mass is 9.81. The number of carboxylic acids is 1. The van der Waals surface area contributed by atoms with E-state index in [4.69, 9.17) is 5.11 Å². The normalized spacial score (nSPS) is 15.7. The van der Waals surface area contributed by atoms with Crippen LogP contribution < -0.4 is 5.32 Å². The number of benzene rings is 1. The molecule has 1 unspecified atom stereocenters. The molecule has 1 aromatic carbocycles. The van der Waals surface area contributed by atoms with Crippen molar-refractivity contribution in [3.05, 3.63) is 29.3 Å². The summed E-state index contributed by atoms with van der Waals surface area (Å²) in [4.78, 5) is 22.1. The van der Waals surface area contributed by atoms with Gasteiger partial charge in [0.1, 0.15) is 0 Å². The van der Waals surface area contributed by atoms with E-state index in [2.05, 4.69) is 5.32 Å². The van der Waals surface area contributed by atoms with Gasteiger partial charge in [-0.3, -0.25) is 9.59 Å². The maximum Gasteiger partial charge on any atom is 0.303 e. The fourth-order valence-corrected chi connectivity index (χ4v) is 2.58. The lowest BCUT2D eigenvalue weighted by molar-refractivity contribution is -0.139. The van der Waals surface area contributed by atoms with E-state index in [1.807, 2.05) is 19.9 Å². The molecule has 1 aliphatic rings. The van der Waals surface area contributed by atoms with Crippen molar-refractivity contribution >= 4 is 17.6 Å². The maximum absolute atomic E-state index is 11.3. The summed E-state index contributed by atoms with van der Waals surface area (Å²) in [5.41, 5.74) is 1.90. The number of fused-ring (bicyclic) bond motifs is 1. The summed E-state index contributed by atoms with van der Waals surface area (Å²) in [6, 6.07) is 5.36. The van der Waals surface area contributed by atoms with Crippen molar-refractivity contribution in [3.8, 4) is 0 Å². The number of nitrogens with one attached hydrogen (secondary N) is 1. The number of rotatable bonds is 5. The third-order valence-corrected chi connectivity index (χ3v) is 3.51. The van der Waals surface area contributed by atoms with Gasteiger partial charge in [0.15, 0.2) is 0 Å². The molecule has 108 valence electrons. The van der Waals surface area contributed by atoms with E-state index in [0.717, 1.165) is 16.8 Å². The molecule has 0 aliphatic carbocycles. The van der Waals surface area contributed by atoms with E-state index in [9.17, 15) is 14.7 Å². The molecule has 1 aromatic rings. The molecule has 0 spiro atoms. The molecule has 2 rings (SSSR count). The van der Waals surface area contributed by atoms with Crippen LogP contribution in [-0.4, -0.2) is 22.1 Å². The van der Waals surface area contributed by atoms with Crippen LogP contribution >= 0.6 is 0 Å². The molecule has 3 N–H and O–H groups in total. The van der Waals surface area contributed by atoms with Crippen LogP contribution in [0.3, 0.4) is 0 Å². The van der Waals surface area contributed by atoms with Crippen LogP contribution in [0.4, 0.5) is 5.69 Å². The smallest absolute Gasteiger partial charge is 0.303 e. The van der Waals surface area contributed by atoms with Crippen molar-refractivity contribution in [3.63, 3.8) is 0 Å². The highest BCUT2D eigenvalue weighted by Crippen LogP contribution is 2.34. The van der Waals surface area contributed by atoms with E-state index >= 15 is 0 Å². The summed E-state index contributed by atoms with van der Waals surface area (Å²) in [5, 5.41) is 21.9. The quantitative estimate of drug-likeness (QED) is 0.769. The number of carboxylic acid groups (broad SMARTS) is 1. The minimum Gasteiger partial charge on any atom is -0.481 e. The molecule has 0 saturated carbocycles. The lowest BCUT2D eigenvalue weighted by Gasteiger charge is -2.26. The number of hydrogen-bond acceptors (Lipinski definition) is 3. The van der Waals surface area contributed by atoms with Gasteiger partial charge in [0.25, 0.3) is 0 Å². The Kier molecular flexibility index (Phi) is 3.81. The Hall–Kier alpha value is -1.88. The highest BCUT2D eigenvalue weighted by atomic mass is 16.4. The summed E-state index contributed by atoms with van der Waals surface area (Å²) in [5.74, 6) is -0.913. The fourth-order valence-electron chi connectivity index (χ4n) is 2.58. The van der Waals surface area contributed by atoms with Gasteiger partial charge in [-0.15, -0.1) is 0 Å². The predicted octanol–water partition coefficient (Wildman–Crippen LogP) is 2.11. The van der Waals surface area contributed by atoms with E-state index < -0.39 is 17.5 Å². The number of anilines is 1. The second kappa shape index (κ2) is 5.25. The molecule has 0 aromatic heterocycles. The Labute approximate surface area is 117 Å². The number of aliphatic hydroxyl groups is 1. The van der Waals surface area contributed by atoms with Gasteiger partial charge in [0.05, 0.1) is 18.9 Å². The van der Waals surface area contributed by atoms with E-state index in [-0.39, 0.29) is 12.3 Å². The molecule has 0 fully saturated rings. The molecule has 0 bridgehead atoms. The van der Waals surface area contributed by atoms with Crippen molar-refractivity contribution in [1.29, 1.82) is 0 Å². The molecular formula is C15H19NO4. The SMILES string of the molecule is CC(C)(CC(=O)O)CC(O)c1ccc2c(c1)CC(=O)N2. The Morgan fingerprint density at radius 2 is 2.15 bits per heavy atom. The van der Waals surface area contributed by atoms with Gasteiger partial charge < -0.3 is 15.5 Å². The maximum atomic E-state index is 11.3. The van der Waals surface area contributed by atoms with Gasteiger partial charge in [0, 0.05) is 5.69 Å². The minimum atomic E-state index is -0.869. The average Bonchev–Trinajstić information content (AvgIpc) is 2.64. The number of aliphatic hydroxyl groups excluding tert-OH is 1. The van der Waals surface area contributed by atoms with Crippen molar-refractivity contribution in [2.24, 2.45) is 5.41 Å². The monoisotopic (exact) mass is 277 g/mol. The van der Waals surface area contributed by atoms with Gasteiger partial charge in [0.2, 0.25) is 5.91 Å². The standard InChI is InChI=1S/C15H19NO4/c1-15(2,8-14(19)20)7-12(17)9-3-4-11-10(5-9)6-13(18)16-11/h3-5,12,17H,6-8H2,1-2H3,(H,16,18)(H,19,20). The average molecular weight is 277 g/mol. The van der Waals surface area contributed by atoms with Gasteiger partial charge in [-0.1, -0.05) is 26.0 Å². The zero-order chi connectivity index (χ0) is 14.9. The van der Waals surface area contributed by atoms with Crippen molar-refractivity contribution in [2.75, 3.05) is 5.32 Å². The first-order valence-corrected chi connectivity index (χ1v) is 6.59. The second-order valence-corrected chi connectivity index (χ2v) is 6.10. The first-order valence-electron chi connectivity index (χ1n) is 6.59. The molecular weight excluding hydrogens is 258 g/mol. The van der Waals surface area contributed by atoms with Crippen molar-refractivity contribution < 1.29 is 19.8 Å². The summed E-state index contributed by atoms with van der Waals surface area (Å²) >= 11 is 0. The largest absolute Gasteiger partial charge is 0.481 e. The van der Waals surface area contributed by atoms with E-state index in [1.165, 1.54) is 0 Å². The van der Waals surface area contributed by atoms with Gasteiger partial charge in [-0.25, -0.2) is 0 Å². The molecule has 1 aliphatic heterocycles. The van der Waals surface area contributed by atoms with E-state index in [0.29, 0.717) is 12.8 Å². The molecule has 20 heavy (non-hydrogen) atoms. The van der Waals surface area contributed by atoms with E-state index in [1.54, 1.807) is 12.1 Å². The van der Waals surface area contributed by atoms with Crippen LogP contribution in [-0.2, 0) is 16.0 Å². The number of carbonyl (C=O) groups is 2. The Balaban J connectivity index is 2.10. The van der Waals surface area contributed by atoms with Crippen LogP contribution in [0.5, 0.6) is 0 Å². The molecule has 1 amide bonds. The third kappa shape index (κ3) is 3.36. The zero-order valence-corrected chi connectivity index (χ0v) is 11.6.